The summed E-state index contributed by atoms with van der Waals surface area (Å²) >= 11 is 0. The SMILES string of the molecule is CC(C)(C)OC(=O)Nc1ncc(B2OC(C)(C)C(C)(C)O2)cn1.CN(C(=O)OC(C)(C)C)c1ncc(B2OC(C)(C)C(C)(C)O2)cn1. The predicted octanol–water partition coefficient (Wildman–Crippen LogP) is 4.27. The van der Waals surface area contributed by atoms with E-state index in [2.05, 4.69) is 25.3 Å². The molecule has 2 fully saturated rings. The van der Waals surface area contributed by atoms with Gasteiger partial charge in [-0.05, 0) is 96.9 Å². The Morgan fingerprint density at radius 1 is 0.660 bits per heavy atom. The van der Waals surface area contributed by atoms with Crippen LogP contribution < -0.4 is 21.1 Å². The van der Waals surface area contributed by atoms with Crippen LogP contribution in [0.1, 0.15) is 96.9 Å². The van der Waals surface area contributed by atoms with Gasteiger partial charge in [0.05, 0.1) is 22.4 Å². The number of amides is 2. The van der Waals surface area contributed by atoms with E-state index in [0.717, 1.165) is 0 Å². The Labute approximate surface area is 279 Å². The van der Waals surface area contributed by atoms with Gasteiger partial charge in [0, 0.05) is 42.8 Å². The molecule has 2 saturated heterocycles. The van der Waals surface area contributed by atoms with Crippen LogP contribution in [0.2, 0.25) is 0 Å². The lowest BCUT2D eigenvalue weighted by molar-refractivity contribution is 0.00578. The van der Waals surface area contributed by atoms with E-state index < -0.39 is 60.0 Å². The number of nitrogens with one attached hydrogen (secondary N) is 1. The number of carbonyl (C=O) groups is 2. The zero-order valence-corrected chi connectivity index (χ0v) is 30.5. The number of hydrogen-bond donors (Lipinski definition) is 1. The maximum Gasteiger partial charge on any atom is 0.498 e. The van der Waals surface area contributed by atoms with Crippen molar-refractivity contribution in [2.45, 2.75) is 131 Å². The van der Waals surface area contributed by atoms with Crippen molar-refractivity contribution < 1.29 is 37.7 Å². The Morgan fingerprint density at radius 2 is 1.00 bits per heavy atom. The van der Waals surface area contributed by atoms with Crippen LogP contribution in [0.4, 0.5) is 21.5 Å². The first-order chi connectivity index (χ1) is 21.2. The second-order valence-corrected chi connectivity index (χ2v) is 15.5. The molecule has 0 spiro atoms. The van der Waals surface area contributed by atoms with Gasteiger partial charge in [-0.2, -0.15) is 0 Å². The van der Waals surface area contributed by atoms with E-state index in [9.17, 15) is 9.59 Å². The van der Waals surface area contributed by atoms with Crippen LogP contribution in [-0.4, -0.2) is 87.0 Å². The lowest BCUT2D eigenvalue weighted by Gasteiger charge is -2.32. The molecule has 2 aliphatic rings. The van der Waals surface area contributed by atoms with Crippen molar-refractivity contribution in [1.82, 2.24) is 19.9 Å². The normalized spacial score (nSPS) is 19.4. The molecule has 47 heavy (non-hydrogen) atoms. The maximum absolute atomic E-state index is 12.0. The van der Waals surface area contributed by atoms with Crippen LogP contribution >= 0.6 is 0 Å². The molecule has 258 valence electrons. The predicted molar refractivity (Wildman–Crippen MR) is 180 cm³/mol. The molecule has 0 bridgehead atoms. The number of hydrogen-bond acceptors (Lipinski definition) is 12. The molecule has 14 nitrogen and oxygen atoms in total. The fraction of sp³-hybridized carbons (Fsp3) is 0.677. The van der Waals surface area contributed by atoms with Crippen LogP contribution in [0, 0.1) is 0 Å². The summed E-state index contributed by atoms with van der Waals surface area (Å²) in [6, 6.07) is 0. The van der Waals surface area contributed by atoms with Gasteiger partial charge in [-0.1, -0.05) is 0 Å². The highest BCUT2D eigenvalue weighted by atomic mass is 16.7. The standard InChI is InChI=1S/C16H26BN3O4.C15H24BN3O4/c1-14(2,3)22-13(21)20(8)12-18-9-11(10-19-12)17-23-15(4,5)16(6,7)24-17;1-13(2,3)21-12(20)19-11-17-8-10(9-18-11)16-22-14(4,5)15(6,7)23-16/h9-10H,1-8H3;8-9H,1-7H3,(H,17,18,19,20). The van der Waals surface area contributed by atoms with Crippen LogP contribution in [-0.2, 0) is 28.1 Å². The third kappa shape index (κ3) is 9.84. The number of ether oxygens (including phenoxy) is 2. The molecule has 2 amide bonds. The zero-order chi connectivity index (χ0) is 35.8. The third-order valence-electron chi connectivity index (χ3n) is 7.96. The van der Waals surface area contributed by atoms with Gasteiger partial charge in [0.1, 0.15) is 11.2 Å². The number of rotatable bonds is 4. The molecule has 2 aliphatic heterocycles. The monoisotopic (exact) mass is 656 g/mol. The number of aromatic nitrogens is 4. The average Bonchev–Trinajstić information content (AvgIpc) is 3.26. The highest BCUT2D eigenvalue weighted by Gasteiger charge is 2.53. The van der Waals surface area contributed by atoms with Gasteiger partial charge in [-0.3, -0.25) is 5.32 Å². The topological polar surface area (TPSA) is 156 Å². The van der Waals surface area contributed by atoms with E-state index in [1.54, 1.807) is 73.4 Å². The second kappa shape index (κ2) is 13.3. The van der Waals surface area contributed by atoms with Crippen LogP contribution in [0.3, 0.4) is 0 Å². The van der Waals surface area contributed by atoms with Crippen LogP contribution in [0.25, 0.3) is 0 Å². The van der Waals surface area contributed by atoms with E-state index >= 15 is 0 Å². The molecule has 0 aromatic carbocycles. The van der Waals surface area contributed by atoms with E-state index in [1.807, 2.05) is 55.4 Å². The van der Waals surface area contributed by atoms with Gasteiger partial charge in [-0.25, -0.2) is 34.4 Å². The first kappa shape index (κ1) is 38.1. The molecular weight excluding hydrogens is 606 g/mol. The highest BCUT2D eigenvalue weighted by Crippen LogP contribution is 2.37. The minimum atomic E-state index is -0.596. The van der Waals surface area contributed by atoms with E-state index in [4.69, 9.17) is 28.1 Å². The first-order valence-corrected chi connectivity index (χ1v) is 15.5. The van der Waals surface area contributed by atoms with E-state index in [0.29, 0.717) is 10.9 Å². The van der Waals surface area contributed by atoms with Gasteiger partial charge >= 0.3 is 26.4 Å². The summed E-state index contributed by atoms with van der Waals surface area (Å²) in [5.41, 5.74) is -1.46. The molecule has 16 heteroatoms. The summed E-state index contributed by atoms with van der Waals surface area (Å²) in [6.45, 7) is 26.6. The second-order valence-electron chi connectivity index (χ2n) is 15.5. The van der Waals surface area contributed by atoms with Gasteiger partial charge in [0.2, 0.25) is 11.9 Å². The summed E-state index contributed by atoms with van der Waals surface area (Å²) in [5.74, 6) is 0.420. The van der Waals surface area contributed by atoms with Gasteiger partial charge < -0.3 is 28.1 Å². The summed E-state index contributed by atoms with van der Waals surface area (Å²) in [6.07, 6.45) is 5.24. The molecule has 0 radical (unpaired) electrons. The van der Waals surface area contributed by atoms with Gasteiger partial charge in [-0.15, -0.1) is 0 Å². The Morgan fingerprint density at radius 3 is 1.34 bits per heavy atom. The quantitative estimate of drug-likeness (QED) is 0.467. The van der Waals surface area contributed by atoms with Crippen molar-refractivity contribution in [3.8, 4) is 0 Å². The van der Waals surface area contributed by atoms with Crippen LogP contribution in [0.15, 0.2) is 24.8 Å². The van der Waals surface area contributed by atoms with Crippen molar-refractivity contribution in [3.63, 3.8) is 0 Å². The number of anilines is 2. The zero-order valence-electron chi connectivity index (χ0n) is 30.5. The highest BCUT2D eigenvalue weighted by molar-refractivity contribution is 6.62. The smallest absolute Gasteiger partial charge is 0.444 e. The minimum absolute atomic E-state index is 0.166. The van der Waals surface area contributed by atoms with Crippen molar-refractivity contribution in [2.24, 2.45) is 0 Å². The molecule has 1 N–H and O–H groups in total. The molecule has 0 unspecified atom stereocenters. The fourth-order valence-electron chi connectivity index (χ4n) is 3.92. The summed E-state index contributed by atoms with van der Waals surface area (Å²) < 4.78 is 34.2. The summed E-state index contributed by atoms with van der Waals surface area (Å²) in [7, 11) is 0.504. The lowest BCUT2D eigenvalue weighted by Crippen LogP contribution is -2.41. The van der Waals surface area contributed by atoms with E-state index in [1.165, 1.54) is 4.90 Å². The van der Waals surface area contributed by atoms with Crippen molar-refractivity contribution in [1.29, 1.82) is 0 Å². The first-order valence-electron chi connectivity index (χ1n) is 15.5. The van der Waals surface area contributed by atoms with E-state index in [-0.39, 0.29) is 11.9 Å². The van der Waals surface area contributed by atoms with Crippen molar-refractivity contribution >= 4 is 49.2 Å². The minimum Gasteiger partial charge on any atom is -0.444 e. The van der Waals surface area contributed by atoms with Crippen LogP contribution in [0.5, 0.6) is 0 Å². The molecule has 4 heterocycles. The Hall–Kier alpha value is -3.33. The van der Waals surface area contributed by atoms with Gasteiger partial charge in [0.25, 0.3) is 0 Å². The molecule has 2 aromatic rings. The maximum atomic E-state index is 12.0. The molecule has 2 aromatic heterocycles. The average molecular weight is 656 g/mol. The largest absolute Gasteiger partial charge is 0.498 e. The Balaban J connectivity index is 0.000000256. The number of nitrogens with zero attached hydrogens (tertiary/aromatic N) is 5. The van der Waals surface area contributed by atoms with Crippen molar-refractivity contribution in [2.75, 3.05) is 17.3 Å². The molecule has 0 saturated carbocycles. The Kier molecular flexibility index (Phi) is 10.8. The van der Waals surface area contributed by atoms with Gasteiger partial charge in [0.15, 0.2) is 0 Å². The summed E-state index contributed by atoms with van der Waals surface area (Å²) in [4.78, 5) is 41.6. The molecular formula is C31H50B2N6O8. The number of carbonyl (C=O) groups excluding carboxylic acids is 2. The lowest BCUT2D eigenvalue weighted by atomic mass is 9.81. The molecule has 0 aliphatic carbocycles. The molecule has 4 rings (SSSR count). The third-order valence-corrected chi connectivity index (χ3v) is 7.96. The Bertz CT molecular complexity index is 1380. The fourth-order valence-corrected chi connectivity index (χ4v) is 3.92. The van der Waals surface area contributed by atoms with Crippen molar-refractivity contribution in [3.05, 3.63) is 24.8 Å². The molecule has 0 atom stereocenters. The summed E-state index contributed by atoms with van der Waals surface area (Å²) in [5, 5.41) is 2.48.